The molecule has 0 saturated heterocycles. The molecule has 4 atom stereocenters. The second-order valence-corrected chi connectivity index (χ2v) is 11.0. The van der Waals surface area contributed by atoms with Crippen LogP contribution in [0.15, 0.2) is 53.3 Å². The third-order valence-electron chi connectivity index (χ3n) is 8.50. The number of nitrogens with zero attached hydrogens (tertiary/aromatic N) is 1. The molecule has 2 aromatic carbocycles. The zero-order valence-electron chi connectivity index (χ0n) is 22.1. The Bertz CT molecular complexity index is 1470. The number of hydrogen-bond donors (Lipinski definition) is 5. The highest BCUT2D eigenvalue weighted by Crippen LogP contribution is 2.53. The fraction of sp³-hybridized carbons (Fsp3) is 0.367. The molecule has 0 aromatic heterocycles. The van der Waals surface area contributed by atoms with Crippen molar-refractivity contribution in [3.63, 3.8) is 0 Å². The lowest BCUT2D eigenvalue weighted by Crippen LogP contribution is -2.65. The fourth-order valence-corrected chi connectivity index (χ4v) is 6.58. The molecular formula is C30H32N2O7. The number of phenols is 1. The van der Waals surface area contributed by atoms with E-state index in [4.69, 9.17) is 5.73 Å². The number of phenolic OH excluding ortho intramolecular Hbond substituents is 1. The number of aromatic hydroxyl groups is 1. The first-order valence-corrected chi connectivity index (χ1v) is 12.9. The number of benzene rings is 2. The van der Waals surface area contributed by atoms with Gasteiger partial charge in [-0.1, -0.05) is 35.9 Å². The lowest BCUT2D eigenvalue weighted by molar-refractivity contribution is -0.153. The molecule has 0 bridgehead atoms. The van der Waals surface area contributed by atoms with Crippen molar-refractivity contribution in [1.29, 1.82) is 0 Å². The minimum Gasteiger partial charge on any atom is -0.508 e. The lowest BCUT2D eigenvalue weighted by atomic mass is 9.57. The number of carbonyl (C=O) groups is 3. The van der Waals surface area contributed by atoms with Gasteiger partial charge in [-0.05, 0) is 75.4 Å². The van der Waals surface area contributed by atoms with Crippen molar-refractivity contribution in [2.45, 2.75) is 44.2 Å². The van der Waals surface area contributed by atoms with E-state index in [0.717, 1.165) is 23.1 Å². The molecule has 0 heterocycles. The van der Waals surface area contributed by atoms with E-state index in [2.05, 4.69) is 12.1 Å². The second-order valence-electron chi connectivity index (χ2n) is 11.0. The maximum absolute atomic E-state index is 13.9. The average Bonchev–Trinajstić information content (AvgIpc) is 2.86. The summed E-state index contributed by atoms with van der Waals surface area (Å²) in [6.45, 7) is 2.02. The second kappa shape index (κ2) is 9.36. The van der Waals surface area contributed by atoms with Gasteiger partial charge in [0.1, 0.15) is 22.8 Å². The van der Waals surface area contributed by atoms with Crippen molar-refractivity contribution in [3.05, 3.63) is 81.1 Å². The van der Waals surface area contributed by atoms with Gasteiger partial charge >= 0.3 is 0 Å². The van der Waals surface area contributed by atoms with Crippen LogP contribution in [0.2, 0.25) is 0 Å². The van der Waals surface area contributed by atoms with E-state index < -0.39 is 58.0 Å². The molecule has 0 radical (unpaired) electrons. The first-order valence-electron chi connectivity index (χ1n) is 12.9. The Labute approximate surface area is 225 Å². The summed E-state index contributed by atoms with van der Waals surface area (Å²) >= 11 is 0. The number of likely N-dealkylation sites (N-methyl/N-ethyl adjacent to an activating group) is 1. The van der Waals surface area contributed by atoms with Gasteiger partial charge in [0.05, 0.1) is 11.6 Å². The highest BCUT2D eigenvalue weighted by atomic mass is 16.3. The summed E-state index contributed by atoms with van der Waals surface area (Å²) in [4.78, 5) is 40.7. The van der Waals surface area contributed by atoms with Crippen LogP contribution >= 0.6 is 0 Å². The minimum absolute atomic E-state index is 0.0683. The summed E-state index contributed by atoms with van der Waals surface area (Å²) in [5, 5.41) is 44.7. The predicted octanol–water partition coefficient (Wildman–Crippen LogP) is 2.06. The minimum atomic E-state index is -2.64. The van der Waals surface area contributed by atoms with Gasteiger partial charge < -0.3 is 26.2 Å². The Kier molecular flexibility index (Phi) is 6.39. The Hall–Kier alpha value is -3.95. The quantitative estimate of drug-likeness (QED) is 0.366. The van der Waals surface area contributed by atoms with Crippen LogP contribution in [-0.2, 0) is 33.6 Å². The smallest absolute Gasteiger partial charge is 0.255 e. The van der Waals surface area contributed by atoms with E-state index in [9.17, 15) is 34.8 Å². The van der Waals surface area contributed by atoms with Crippen molar-refractivity contribution in [1.82, 2.24) is 4.90 Å². The third-order valence-corrected chi connectivity index (χ3v) is 8.50. The SMILES string of the molecule is Cc1ccc(CCc2ccc(O)c3c2C[C@@H]2C[C@@H]4[C@@H](N(C)C)C(=O)C(C(N)=O)=C(O)[C@]4(O)C(=O)C2=C3O)cc1. The van der Waals surface area contributed by atoms with E-state index in [0.29, 0.717) is 12.0 Å². The van der Waals surface area contributed by atoms with Gasteiger partial charge in [0.25, 0.3) is 5.91 Å². The van der Waals surface area contributed by atoms with Crippen LogP contribution < -0.4 is 5.73 Å². The number of amides is 1. The molecule has 1 fully saturated rings. The Morgan fingerprint density at radius 1 is 1.05 bits per heavy atom. The normalized spacial score (nSPS) is 26.4. The Morgan fingerprint density at radius 3 is 2.33 bits per heavy atom. The maximum atomic E-state index is 13.9. The summed E-state index contributed by atoms with van der Waals surface area (Å²) in [5.41, 5.74) is 5.78. The van der Waals surface area contributed by atoms with Crippen LogP contribution in [-0.4, -0.2) is 68.5 Å². The highest BCUT2D eigenvalue weighted by molar-refractivity contribution is 6.24. The number of hydrogen-bond acceptors (Lipinski definition) is 8. The van der Waals surface area contributed by atoms with Crippen LogP contribution in [0.5, 0.6) is 5.75 Å². The molecule has 1 amide bonds. The molecular weight excluding hydrogens is 500 g/mol. The number of aliphatic hydroxyl groups excluding tert-OH is 2. The molecule has 0 aliphatic heterocycles. The molecule has 39 heavy (non-hydrogen) atoms. The number of aliphatic hydroxyl groups is 3. The molecule has 9 nitrogen and oxygen atoms in total. The molecule has 3 aliphatic rings. The van der Waals surface area contributed by atoms with E-state index in [1.54, 1.807) is 14.1 Å². The van der Waals surface area contributed by atoms with Gasteiger partial charge in [0.2, 0.25) is 5.78 Å². The van der Waals surface area contributed by atoms with Crippen molar-refractivity contribution in [2.24, 2.45) is 17.6 Å². The van der Waals surface area contributed by atoms with Crippen LogP contribution in [0.3, 0.4) is 0 Å². The van der Waals surface area contributed by atoms with Crippen LogP contribution in [0.4, 0.5) is 0 Å². The molecule has 5 rings (SSSR count). The molecule has 0 spiro atoms. The lowest BCUT2D eigenvalue weighted by Gasteiger charge is -2.50. The zero-order valence-corrected chi connectivity index (χ0v) is 22.1. The summed E-state index contributed by atoms with van der Waals surface area (Å²) < 4.78 is 0. The standard InChI is InChI=1S/C30H32N2O7/c1-14-4-6-15(7-5-14)8-9-16-10-11-20(33)22-18(16)12-17-13-19-24(32(2)3)26(35)23(29(31)38)28(37)30(19,39)27(36)21(17)25(22)34/h4-7,10-11,17,19,24,33-34,37,39H,8-9,12-13H2,1-3H3,(H2,31,38)/t17-,19-,24-,30-/m1/s1. The van der Waals surface area contributed by atoms with Crippen molar-refractivity contribution >= 4 is 23.2 Å². The van der Waals surface area contributed by atoms with Crippen LogP contribution in [0, 0.1) is 18.8 Å². The van der Waals surface area contributed by atoms with Gasteiger partial charge in [0, 0.05) is 11.5 Å². The van der Waals surface area contributed by atoms with Crippen molar-refractivity contribution < 1.29 is 34.8 Å². The van der Waals surface area contributed by atoms with Gasteiger partial charge in [-0.2, -0.15) is 0 Å². The number of rotatable bonds is 5. The van der Waals surface area contributed by atoms with E-state index in [-0.39, 0.29) is 29.7 Å². The number of aryl methyl sites for hydroxylation is 3. The van der Waals surface area contributed by atoms with Gasteiger partial charge in [0.15, 0.2) is 11.4 Å². The van der Waals surface area contributed by atoms with Gasteiger partial charge in [-0.15, -0.1) is 0 Å². The topological polar surface area (TPSA) is 161 Å². The number of ketones is 2. The average molecular weight is 533 g/mol. The highest BCUT2D eigenvalue weighted by Gasteiger charge is 2.64. The van der Waals surface area contributed by atoms with E-state index >= 15 is 0 Å². The fourth-order valence-electron chi connectivity index (χ4n) is 6.58. The number of nitrogens with two attached hydrogens (primary N) is 1. The van der Waals surface area contributed by atoms with E-state index in [1.807, 2.05) is 25.1 Å². The molecule has 1 saturated carbocycles. The maximum Gasteiger partial charge on any atom is 0.255 e. The Balaban J connectivity index is 1.61. The van der Waals surface area contributed by atoms with Gasteiger partial charge in [-0.25, -0.2) is 0 Å². The number of Topliss-reactive ketones (excluding diaryl/α,β-unsaturated/α-hetero) is 2. The molecule has 3 aliphatic carbocycles. The third kappa shape index (κ3) is 3.95. The monoisotopic (exact) mass is 532 g/mol. The molecule has 2 aromatic rings. The van der Waals surface area contributed by atoms with Crippen LogP contribution in [0.1, 0.15) is 34.2 Å². The summed E-state index contributed by atoms with van der Waals surface area (Å²) in [6, 6.07) is 10.4. The van der Waals surface area contributed by atoms with Crippen LogP contribution in [0.25, 0.3) is 5.76 Å². The van der Waals surface area contributed by atoms with E-state index in [1.165, 1.54) is 11.0 Å². The number of carbonyl (C=O) groups excluding carboxylic acids is 3. The summed E-state index contributed by atoms with van der Waals surface area (Å²) in [6.07, 6.45) is 1.71. The van der Waals surface area contributed by atoms with Gasteiger partial charge in [-0.3, -0.25) is 19.3 Å². The number of primary amides is 1. The Morgan fingerprint density at radius 2 is 1.72 bits per heavy atom. The summed E-state index contributed by atoms with van der Waals surface area (Å²) in [5.74, 6) is -6.48. The first-order chi connectivity index (χ1) is 18.4. The zero-order chi connectivity index (χ0) is 28.4. The van der Waals surface area contributed by atoms with Crippen molar-refractivity contribution in [2.75, 3.05) is 14.1 Å². The molecule has 0 unspecified atom stereocenters. The summed E-state index contributed by atoms with van der Waals surface area (Å²) in [7, 11) is 3.16. The molecule has 6 N–H and O–H groups in total. The first kappa shape index (κ1) is 26.6. The predicted molar refractivity (Wildman–Crippen MR) is 143 cm³/mol. The largest absolute Gasteiger partial charge is 0.508 e. The molecule has 204 valence electrons. The van der Waals surface area contributed by atoms with Crippen molar-refractivity contribution in [3.8, 4) is 5.75 Å². The number of fused-ring (bicyclic) bond motifs is 3. The molecule has 9 heteroatoms.